The van der Waals surface area contributed by atoms with E-state index in [9.17, 15) is 4.79 Å². The van der Waals surface area contributed by atoms with Crippen LogP contribution >= 0.6 is 15.9 Å². The van der Waals surface area contributed by atoms with Crippen LogP contribution in [-0.4, -0.2) is 28.9 Å². The lowest BCUT2D eigenvalue weighted by Crippen LogP contribution is -2.31. The Hall–Kier alpha value is -1.62. The van der Waals surface area contributed by atoms with Gasteiger partial charge in [-0.3, -0.25) is 4.79 Å². The molecule has 2 aromatic rings. The number of halogens is 1. The molecule has 0 aliphatic carbocycles. The molecule has 106 valence electrons. The predicted molar refractivity (Wildman–Crippen MR) is 81.6 cm³/mol. The number of benzene rings is 1. The largest absolute Gasteiger partial charge is 0.441 e. The van der Waals surface area contributed by atoms with Crippen molar-refractivity contribution in [3.63, 3.8) is 0 Å². The molecule has 0 saturated heterocycles. The Kier molecular flexibility index (Phi) is 4.60. The number of oxazole rings is 1. The first-order chi connectivity index (χ1) is 9.56. The Morgan fingerprint density at radius 3 is 2.40 bits per heavy atom. The molecular weight excluding hydrogens is 320 g/mol. The Morgan fingerprint density at radius 1 is 1.25 bits per heavy atom. The molecule has 0 aliphatic rings. The van der Waals surface area contributed by atoms with Crippen molar-refractivity contribution in [2.45, 2.75) is 20.8 Å². The summed E-state index contributed by atoms with van der Waals surface area (Å²) in [5.74, 6) is 0.949. The van der Waals surface area contributed by atoms with Crippen LogP contribution in [0, 0.1) is 6.92 Å². The van der Waals surface area contributed by atoms with Gasteiger partial charge in [0.05, 0.1) is 0 Å². The molecule has 20 heavy (non-hydrogen) atoms. The summed E-state index contributed by atoms with van der Waals surface area (Å²) in [6.07, 6.45) is 0. The van der Waals surface area contributed by atoms with Gasteiger partial charge in [0, 0.05) is 23.1 Å². The fourth-order valence-corrected chi connectivity index (χ4v) is 2.24. The van der Waals surface area contributed by atoms with E-state index in [1.165, 1.54) is 0 Å². The van der Waals surface area contributed by atoms with Gasteiger partial charge in [0.25, 0.3) is 5.91 Å². The van der Waals surface area contributed by atoms with Crippen LogP contribution in [-0.2, 0) is 0 Å². The molecule has 0 aliphatic heterocycles. The number of amides is 1. The van der Waals surface area contributed by atoms with E-state index in [0.717, 1.165) is 10.0 Å². The van der Waals surface area contributed by atoms with Gasteiger partial charge in [0.1, 0.15) is 5.76 Å². The summed E-state index contributed by atoms with van der Waals surface area (Å²) in [5, 5.41) is 0. The molecule has 0 saturated carbocycles. The molecule has 1 aromatic heterocycles. The van der Waals surface area contributed by atoms with Gasteiger partial charge in [-0.1, -0.05) is 15.9 Å². The predicted octanol–water partition coefficient (Wildman–Crippen LogP) is 3.89. The van der Waals surface area contributed by atoms with Crippen molar-refractivity contribution in [3.8, 4) is 11.5 Å². The summed E-state index contributed by atoms with van der Waals surface area (Å²) in [4.78, 5) is 18.4. The zero-order valence-electron chi connectivity index (χ0n) is 11.8. The number of hydrogen-bond donors (Lipinski definition) is 0. The van der Waals surface area contributed by atoms with Crippen LogP contribution in [0.3, 0.4) is 0 Å². The fourth-order valence-electron chi connectivity index (χ4n) is 1.97. The molecule has 5 heteroatoms. The third kappa shape index (κ3) is 2.93. The second-order valence-corrected chi connectivity index (χ2v) is 5.32. The van der Waals surface area contributed by atoms with Gasteiger partial charge in [0.2, 0.25) is 5.89 Å². The highest BCUT2D eigenvalue weighted by atomic mass is 79.9. The molecule has 0 fully saturated rings. The quantitative estimate of drug-likeness (QED) is 0.850. The van der Waals surface area contributed by atoms with Crippen molar-refractivity contribution in [1.82, 2.24) is 9.88 Å². The molecule has 0 spiro atoms. The molecule has 0 unspecified atom stereocenters. The second kappa shape index (κ2) is 6.22. The van der Waals surface area contributed by atoms with Gasteiger partial charge in [-0.15, -0.1) is 0 Å². The number of carbonyl (C=O) groups excluding carboxylic acids is 1. The van der Waals surface area contributed by atoms with Gasteiger partial charge in [-0.2, -0.15) is 0 Å². The van der Waals surface area contributed by atoms with Crippen LogP contribution in [0.15, 0.2) is 33.2 Å². The molecule has 2 rings (SSSR count). The number of nitrogens with zero attached hydrogens (tertiary/aromatic N) is 2. The van der Waals surface area contributed by atoms with Crippen molar-refractivity contribution < 1.29 is 9.21 Å². The monoisotopic (exact) mass is 336 g/mol. The van der Waals surface area contributed by atoms with E-state index in [-0.39, 0.29) is 5.91 Å². The molecule has 1 aromatic carbocycles. The standard InChI is InChI=1S/C15H17BrN2O2/c1-4-18(5-2)15(19)13-10(3)20-14(17-13)11-6-8-12(16)9-7-11/h6-9H,4-5H2,1-3H3. The van der Waals surface area contributed by atoms with E-state index in [4.69, 9.17) is 4.42 Å². The lowest BCUT2D eigenvalue weighted by molar-refractivity contribution is 0.0766. The van der Waals surface area contributed by atoms with Gasteiger partial charge in [0.15, 0.2) is 5.69 Å². The SMILES string of the molecule is CCN(CC)C(=O)c1nc(-c2ccc(Br)cc2)oc1C. The van der Waals surface area contributed by atoms with Crippen LogP contribution in [0.1, 0.15) is 30.1 Å². The van der Waals surface area contributed by atoms with Crippen LogP contribution < -0.4 is 0 Å². The van der Waals surface area contributed by atoms with Gasteiger partial charge in [-0.05, 0) is 45.0 Å². The van der Waals surface area contributed by atoms with Crippen LogP contribution in [0.4, 0.5) is 0 Å². The minimum atomic E-state index is -0.0837. The smallest absolute Gasteiger partial charge is 0.276 e. The first-order valence-electron chi connectivity index (χ1n) is 6.59. The minimum Gasteiger partial charge on any atom is -0.441 e. The molecule has 0 atom stereocenters. The first-order valence-corrected chi connectivity index (χ1v) is 7.38. The third-order valence-corrected chi connectivity index (χ3v) is 3.67. The normalized spacial score (nSPS) is 10.6. The maximum atomic E-state index is 12.3. The molecule has 0 radical (unpaired) electrons. The van der Waals surface area contributed by atoms with E-state index in [1.54, 1.807) is 11.8 Å². The van der Waals surface area contributed by atoms with Gasteiger partial charge < -0.3 is 9.32 Å². The summed E-state index contributed by atoms with van der Waals surface area (Å²) < 4.78 is 6.62. The maximum absolute atomic E-state index is 12.3. The molecule has 1 heterocycles. The van der Waals surface area contributed by atoms with Crippen molar-refractivity contribution >= 4 is 21.8 Å². The number of aryl methyl sites for hydroxylation is 1. The first kappa shape index (κ1) is 14.8. The van der Waals surface area contributed by atoms with Crippen molar-refractivity contribution in [3.05, 3.63) is 40.2 Å². The van der Waals surface area contributed by atoms with E-state index >= 15 is 0 Å². The van der Waals surface area contributed by atoms with Crippen LogP contribution in [0.2, 0.25) is 0 Å². The molecule has 0 N–H and O–H groups in total. The van der Waals surface area contributed by atoms with Crippen molar-refractivity contribution in [1.29, 1.82) is 0 Å². The Labute approximate surface area is 126 Å². The lowest BCUT2D eigenvalue weighted by Gasteiger charge is -2.16. The summed E-state index contributed by atoms with van der Waals surface area (Å²) in [6, 6.07) is 7.64. The topological polar surface area (TPSA) is 46.3 Å². The Morgan fingerprint density at radius 2 is 1.85 bits per heavy atom. The highest BCUT2D eigenvalue weighted by Gasteiger charge is 2.21. The van der Waals surface area contributed by atoms with Gasteiger partial charge in [-0.25, -0.2) is 4.98 Å². The number of carbonyl (C=O) groups is 1. The molecule has 4 nitrogen and oxygen atoms in total. The number of hydrogen-bond acceptors (Lipinski definition) is 3. The van der Waals surface area contributed by atoms with E-state index < -0.39 is 0 Å². The highest BCUT2D eigenvalue weighted by Crippen LogP contribution is 2.24. The van der Waals surface area contributed by atoms with Gasteiger partial charge >= 0.3 is 0 Å². The van der Waals surface area contributed by atoms with E-state index in [0.29, 0.717) is 30.4 Å². The average Bonchev–Trinajstić information content (AvgIpc) is 2.83. The zero-order chi connectivity index (χ0) is 14.7. The average molecular weight is 337 g/mol. The summed E-state index contributed by atoms with van der Waals surface area (Å²) in [7, 11) is 0. The van der Waals surface area contributed by atoms with E-state index in [2.05, 4.69) is 20.9 Å². The summed E-state index contributed by atoms with van der Waals surface area (Å²) in [5.41, 5.74) is 1.25. The highest BCUT2D eigenvalue weighted by molar-refractivity contribution is 9.10. The number of aromatic nitrogens is 1. The zero-order valence-corrected chi connectivity index (χ0v) is 13.4. The second-order valence-electron chi connectivity index (χ2n) is 4.41. The Bertz CT molecular complexity index is 601. The molecule has 1 amide bonds. The summed E-state index contributed by atoms with van der Waals surface area (Å²) >= 11 is 3.39. The van der Waals surface area contributed by atoms with Crippen LogP contribution in [0.25, 0.3) is 11.5 Å². The fraction of sp³-hybridized carbons (Fsp3) is 0.333. The maximum Gasteiger partial charge on any atom is 0.276 e. The molecule has 0 bridgehead atoms. The minimum absolute atomic E-state index is 0.0837. The van der Waals surface area contributed by atoms with Crippen molar-refractivity contribution in [2.75, 3.05) is 13.1 Å². The summed E-state index contributed by atoms with van der Waals surface area (Å²) in [6.45, 7) is 7.00. The van der Waals surface area contributed by atoms with Crippen molar-refractivity contribution in [2.24, 2.45) is 0 Å². The Balaban J connectivity index is 2.34. The van der Waals surface area contributed by atoms with E-state index in [1.807, 2.05) is 38.1 Å². The molecular formula is C15H17BrN2O2. The number of rotatable bonds is 4. The lowest BCUT2D eigenvalue weighted by atomic mass is 10.2. The third-order valence-electron chi connectivity index (χ3n) is 3.14. The van der Waals surface area contributed by atoms with Crippen LogP contribution in [0.5, 0.6) is 0 Å².